The Morgan fingerprint density at radius 3 is 2.70 bits per heavy atom. The van der Waals surface area contributed by atoms with Crippen LogP contribution in [0.3, 0.4) is 0 Å². The first-order valence-electron chi connectivity index (χ1n) is 9.54. The molecular formula is C22H21N3OS. The summed E-state index contributed by atoms with van der Waals surface area (Å²) in [5.74, 6) is 3.89. The number of nitrogens with zero attached hydrogens (tertiary/aromatic N) is 3. The van der Waals surface area contributed by atoms with Crippen LogP contribution in [-0.2, 0) is 5.41 Å². The van der Waals surface area contributed by atoms with E-state index in [4.69, 9.17) is 14.4 Å². The molecule has 2 bridgehead atoms. The number of rotatable bonds is 3. The van der Waals surface area contributed by atoms with Crippen LogP contribution in [0.25, 0.3) is 0 Å². The zero-order chi connectivity index (χ0) is 18.3. The van der Waals surface area contributed by atoms with Gasteiger partial charge in [0.2, 0.25) is 0 Å². The molecule has 4 aliphatic rings. The Morgan fingerprint density at radius 2 is 1.93 bits per heavy atom. The van der Waals surface area contributed by atoms with Crippen molar-refractivity contribution in [3.05, 3.63) is 59.7 Å². The Balaban J connectivity index is 1.43. The molecule has 27 heavy (non-hydrogen) atoms. The standard InChI is InChI=1S/C22H21N3OS/c23-15-16-2-1-3-20(14-16)26-19-6-4-17(5-7-19)22-10-8-18(9-11-22)25-12-13-27-24-21(22)25/h1-7,14,18H,8-13H2. The largest absolute Gasteiger partial charge is 0.457 e. The summed E-state index contributed by atoms with van der Waals surface area (Å²) >= 11 is 1.72. The Hall–Kier alpha value is -2.45. The number of fused-ring (bicyclic) bond motifs is 2. The SMILES string of the molecule is N#Cc1cccc(Oc2ccc(C34CCC(CC3)N3CCSN=C34)cc2)c1. The number of hydrogen-bond acceptors (Lipinski definition) is 5. The first-order chi connectivity index (χ1) is 13.3. The second-order valence-corrected chi connectivity index (χ2v) is 8.37. The number of nitriles is 1. The van der Waals surface area contributed by atoms with Crippen molar-refractivity contribution in [1.82, 2.24) is 4.90 Å². The van der Waals surface area contributed by atoms with Crippen LogP contribution in [0.4, 0.5) is 0 Å². The van der Waals surface area contributed by atoms with Crippen LogP contribution in [0.2, 0.25) is 0 Å². The van der Waals surface area contributed by atoms with Crippen molar-refractivity contribution in [2.45, 2.75) is 37.1 Å². The van der Waals surface area contributed by atoms with Gasteiger partial charge in [0.05, 0.1) is 17.0 Å². The quantitative estimate of drug-likeness (QED) is 0.716. The second kappa shape index (κ2) is 6.61. The van der Waals surface area contributed by atoms with Gasteiger partial charge in [-0.3, -0.25) is 0 Å². The normalized spacial score (nSPS) is 26.1. The molecular weight excluding hydrogens is 354 g/mol. The van der Waals surface area contributed by atoms with Gasteiger partial charge < -0.3 is 9.64 Å². The monoisotopic (exact) mass is 375 g/mol. The molecule has 5 heteroatoms. The maximum absolute atomic E-state index is 9.04. The number of ether oxygens (including phenoxy) is 1. The molecule has 4 nitrogen and oxygen atoms in total. The van der Waals surface area contributed by atoms with Gasteiger partial charge in [-0.25, -0.2) is 4.40 Å². The van der Waals surface area contributed by atoms with Gasteiger partial charge in [0.1, 0.15) is 17.3 Å². The van der Waals surface area contributed by atoms with E-state index in [1.165, 1.54) is 37.1 Å². The van der Waals surface area contributed by atoms with Crippen molar-refractivity contribution in [3.63, 3.8) is 0 Å². The van der Waals surface area contributed by atoms with Crippen LogP contribution in [-0.4, -0.2) is 29.1 Å². The average Bonchev–Trinajstić information content (AvgIpc) is 2.75. The Labute approximate surface area is 164 Å². The summed E-state index contributed by atoms with van der Waals surface area (Å²) < 4.78 is 10.8. The highest BCUT2D eigenvalue weighted by Gasteiger charge is 2.51. The van der Waals surface area contributed by atoms with Crippen molar-refractivity contribution in [3.8, 4) is 17.6 Å². The predicted molar refractivity (Wildman–Crippen MR) is 108 cm³/mol. The zero-order valence-electron chi connectivity index (χ0n) is 15.1. The lowest BCUT2D eigenvalue weighted by atomic mass is 9.63. The number of piperidine rings is 2. The summed E-state index contributed by atoms with van der Waals surface area (Å²) in [6.07, 6.45) is 4.92. The molecule has 1 aliphatic carbocycles. The molecule has 2 aromatic rings. The molecule has 0 amide bonds. The van der Waals surface area contributed by atoms with Crippen LogP contribution in [0.1, 0.15) is 36.8 Å². The van der Waals surface area contributed by atoms with Gasteiger partial charge in [-0.2, -0.15) is 5.26 Å². The Kier molecular flexibility index (Phi) is 4.09. The van der Waals surface area contributed by atoms with Gasteiger partial charge >= 0.3 is 0 Å². The maximum atomic E-state index is 9.04. The van der Waals surface area contributed by atoms with E-state index in [0.717, 1.165) is 18.0 Å². The van der Waals surface area contributed by atoms with Gasteiger partial charge in [-0.1, -0.05) is 18.2 Å². The van der Waals surface area contributed by atoms with Gasteiger partial charge in [0.15, 0.2) is 0 Å². The van der Waals surface area contributed by atoms with Crippen molar-refractivity contribution in [1.29, 1.82) is 5.26 Å². The summed E-state index contributed by atoms with van der Waals surface area (Å²) in [5, 5.41) is 9.04. The third-order valence-electron chi connectivity index (χ3n) is 6.13. The molecule has 3 heterocycles. The topological polar surface area (TPSA) is 48.6 Å². The molecule has 136 valence electrons. The van der Waals surface area contributed by atoms with Gasteiger partial charge in [0.25, 0.3) is 0 Å². The highest BCUT2D eigenvalue weighted by Crippen LogP contribution is 2.49. The molecule has 0 unspecified atom stereocenters. The van der Waals surface area contributed by atoms with Crippen LogP contribution in [0.5, 0.6) is 11.5 Å². The lowest BCUT2D eigenvalue weighted by molar-refractivity contribution is 0.153. The molecule has 3 fully saturated rings. The van der Waals surface area contributed by atoms with Gasteiger partial charge in [0, 0.05) is 18.3 Å². The third kappa shape index (κ3) is 2.80. The zero-order valence-corrected chi connectivity index (χ0v) is 15.9. The van der Waals surface area contributed by atoms with Crippen LogP contribution in [0.15, 0.2) is 52.9 Å². The van der Waals surface area contributed by atoms with E-state index in [1.54, 1.807) is 24.1 Å². The highest BCUT2D eigenvalue weighted by atomic mass is 32.2. The molecule has 2 aromatic carbocycles. The predicted octanol–water partition coefficient (Wildman–Crippen LogP) is 4.91. The number of benzene rings is 2. The minimum Gasteiger partial charge on any atom is -0.457 e. The number of amidine groups is 1. The van der Waals surface area contributed by atoms with E-state index in [1.807, 2.05) is 24.3 Å². The first kappa shape index (κ1) is 16.7. The molecule has 0 atom stereocenters. The van der Waals surface area contributed by atoms with Crippen molar-refractivity contribution < 1.29 is 4.74 Å². The van der Waals surface area contributed by atoms with E-state index < -0.39 is 0 Å². The van der Waals surface area contributed by atoms with Crippen LogP contribution in [0, 0.1) is 11.3 Å². The van der Waals surface area contributed by atoms with Crippen LogP contribution < -0.4 is 4.74 Å². The summed E-state index contributed by atoms with van der Waals surface area (Å²) in [5.41, 5.74) is 2.03. The lowest BCUT2D eigenvalue weighted by Crippen LogP contribution is -2.61. The second-order valence-electron chi connectivity index (χ2n) is 7.52. The Morgan fingerprint density at radius 1 is 1.11 bits per heavy atom. The summed E-state index contributed by atoms with van der Waals surface area (Å²) in [6, 6.07) is 18.6. The minimum absolute atomic E-state index is 0.0709. The lowest BCUT2D eigenvalue weighted by Gasteiger charge is -2.55. The Bertz CT molecular complexity index is 923. The smallest absolute Gasteiger partial charge is 0.128 e. The fourth-order valence-electron chi connectivity index (χ4n) is 4.78. The average molecular weight is 375 g/mol. The van der Waals surface area contributed by atoms with E-state index >= 15 is 0 Å². The van der Waals surface area contributed by atoms with E-state index in [-0.39, 0.29) is 5.41 Å². The summed E-state index contributed by atoms with van der Waals surface area (Å²) in [7, 11) is 0. The molecule has 0 N–H and O–H groups in total. The van der Waals surface area contributed by atoms with Gasteiger partial charge in [-0.15, -0.1) is 0 Å². The molecule has 0 spiro atoms. The summed E-state index contributed by atoms with van der Waals surface area (Å²) in [6.45, 7) is 1.13. The van der Waals surface area contributed by atoms with Crippen LogP contribution >= 0.6 is 11.9 Å². The van der Waals surface area contributed by atoms with Crippen molar-refractivity contribution >= 4 is 17.8 Å². The van der Waals surface area contributed by atoms with Crippen molar-refractivity contribution in [2.24, 2.45) is 4.40 Å². The maximum Gasteiger partial charge on any atom is 0.128 e. The fourth-order valence-corrected chi connectivity index (χ4v) is 5.55. The van der Waals surface area contributed by atoms with E-state index in [0.29, 0.717) is 17.4 Å². The fraction of sp³-hybridized carbons (Fsp3) is 0.364. The molecule has 0 radical (unpaired) electrons. The number of hydrogen-bond donors (Lipinski definition) is 0. The molecule has 2 saturated heterocycles. The highest BCUT2D eigenvalue weighted by molar-refractivity contribution is 7.98. The van der Waals surface area contributed by atoms with E-state index in [9.17, 15) is 0 Å². The minimum atomic E-state index is 0.0709. The molecule has 3 aliphatic heterocycles. The third-order valence-corrected chi connectivity index (χ3v) is 6.80. The molecule has 1 saturated carbocycles. The van der Waals surface area contributed by atoms with Gasteiger partial charge in [-0.05, 0) is 73.5 Å². The molecule has 0 aromatic heterocycles. The van der Waals surface area contributed by atoms with E-state index in [2.05, 4.69) is 23.1 Å². The van der Waals surface area contributed by atoms with Crippen molar-refractivity contribution in [2.75, 3.05) is 12.3 Å². The molecule has 6 rings (SSSR count). The first-order valence-corrected chi connectivity index (χ1v) is 10.5. The summed E-state index contributed by atoms with van der Waals surface area (Å²) in [4.78, 5) is 2.57.